The molecule has 1 aliphatic heterocycles. The lowest BCUT2D eigenvalue weighted by Gasteiger charge is -2.37. The van der Waals surface area contributed by atoms with E-state index in [2.05, 4.69) is 6.58 Å². The molecule has 0 aliphatic carbocycles. The van der Waals surface area contributed by atoms with Crippen LogP contribution in [-0.4, -0.2) is 42.8 Å². The third-order valence-corrected chi connectivity index (χ3v) is 5.11. The Morgan fingerprint density at radius 1 is 1.56 bits per heavy atom. The van der Waals surface area contributed by atoms with Crippen LogP contribution in [0.3, 0.4) is 0 Å². The lowest BCUT2D eigenvalue weighted by atomic mass is 9.93. The number of nitrogens with zero attached hydrogens (tertiary/aromatic N) is 1. The minimum absolute atomic E-state index is 0.0888. The molecule has 1 rings (SSSR count). The van der Waals surface area contributed by atoms with E-state index in [0.29, 0.717) is 13.0 Å². The van der Waals surface area contributed by atoms with E-state index >= 15 is 0 Å². The van der Waals surface area contributed by atoms with Gasteiger partial charge in [0, 0.05) is 6.54 Å². The molecule has 1 saturated heterocycles. The van der Waals surface area contributed by atoms with E-state index in [1.807, 2.05) is 6.92 Å². The van der Waals surface area contributed by atoms with Gasteiger partial charge in [-0.05, 0) is 25.2 Å². The van der Waals surface area contributed by atoms with Crippen LogP contribution in [0.5, 0.6) is 0 Å². The van der Waals surface area contributed by atoms with Gasteiger partial charge < -0.3 is 5.11 Å². The van der Waals surface area contributed by atoms with Crippen LogP contribution in [0.1, 0.15) is 26.2 Å². The molecule has 1 N–H and O–H groups in total. The molecule has 5 heteroatoms. The molecule has 0 radical (unpaired) electrons. The molecule has 0 aromatic rings. The Morgan fingerprint density at radius 3 is 2.81 bits per heavy atom. The van der Waals surface area contributed by atoms with E-state index in [-0.39, 0.29) is 24.3 Å². The van der Waals surface area contributed by atoms with Gasteiger partial charge in [0.15, 0.2) is 0 Å². The van der Waals surface area contributed by atoms with Gasteiger partial charge in [-0.25, -0.2) is 8.42 Å². The summed E-state index contributed by atoms with van der Waals surface area (Å²) in [4.78, 5) is 0. The molecule has 1 aliphatic rings. The van der Waals surface area contributed by atoms with Gasteiger partial charge in [0.25, 0.3) is 0 Å². The normalized spacial score (nSPS) is 27.9. The number of allylic oxidation sites excluding steroid dienone is 1. The van der Waals surface area contributed by atoms with E-state index in [1.165, 1.54) is 4.31 Å². The van der Waals surface area contributed by atoms with Crippen LogP contribution < -0.4 is 0 Å². The highest BCUT2D eigenvalue weighted by Crippen LogP contribution is 2.25. The summed E-state index contributed by atoms with van der Waals surface area (Å²) in [6, 6.07) is -0.247. The maximum absolute atomic E-state index is 12.0. The summed E-state index contributed by atoms with van der Waals surface area (Å²) < 4.78 is 25.5. The second-order valence-corrected chi connectivity index (χ2v) is 6.41. The highest BCUT2D eigenvalue weighted by atomic mass is 32.2. The Kier molecular flexibility index (Phi) is 4.95. The zero-order valence-electron chi connectivity index (χ0n) is 9.80. The van der Waals surface area contributed by atoms with Crippen molar-refractivity contribution in [3.63, 3.8) is 0 Å². The molecule has 0 aromatic heterocycles. The van der Waals surface area contributed by atoms with Crippen molar-refractivity contribution in [2.75, 3.05) is 18.9 Å². The van der Waals surface area contributed by atoms with E-state index in [0.717, 1.165) is 12.8 Å². The third kappa shape index (κ3) is 3.06. The largest absolute Gasteiger partial charge is 0.395 e. The Morgan fingerprint density at radius 2 is 2.25 bits per heavy atom. The predicted molar refractivity (Wildman–Crippen MR) is 64.6 cm³/mol. The molecule has 16 heavy (non-hydrogen) atoms. The monoisotopic (exact) mass is 247 g/mol. The van der Waals surface area contributed by atoms with E-state index in [1.54, 1.807) is 6.08 Å². The Hall–Kier alpha value is -0.390. The number of aliphatic hydroxyl groups excluding tert-OH is 1. The number of hydrogen-bond acceptors (Lipinski definition) is 3. The van der Waals surface area contributed by atoms with Crippen molar-refractivity contribution in [2.24, 2.45) is 5.92 Å². The minimum atomic E-state index is -3.24. The first-order valence-corrected chi connectivity index (χ1v) is 7.35. The maximum atomic E-state index is 12.0. The van der Waals surface area contributed by atoms with E-state index in [4.69, 9.17) is 0 Å². The van der Waals surface area contributed by atoms with Gasteiger partial charge in [-0.15, -0.1) is 6.58 Å². The molecular formula is C11H21NO3S. The molecule has 0 amide bonds. The number of aliphatic hydroxyl groups is 1. The van der Waals surface area contributed by atoms with Crippen molar-refractivity contribution < 1.29 is 13.5 Å². The van der Waals surface area contributed by atoms with Crippen molar-refractivity contribution in [3.05, 3.63) is 12.7 Å². The standard InChI is InChI=1S/C11H21NO3S/c1-3-4-8-16(14,15)12-7-5-6-10(2)11(12)9-13/h3,10-11,13H,1,4-9H2,2H3. The Balaban J connectivity index is 2.79. The lowest BCUT2D eigenvalue weighted by Crippen LogP contribution is -2.50. The summed E-state index contributed by atoms with van der Waals surface area (Å²) in [5.41, 5.74) is 0. The van der Waals surface area contributed by atoms with Gasteiger partial charge in [0.2, 0.25) is 10.0 Å². The fourth-order valence-corrected chi connectivity index (χ4v) is 3.97. The van der Waals surface area contributed by atoms with Crippen LogP contribution >= 0.6 is 0 Å². The number of sulfonamides is 1. The van der Waals surface area contributed by atoms with Gasteiger partial charge in [-0.3, -0.25) is 0 Å². The van der Waals surface area contributed by atoms with Crippen molar-refractivity contribution >= 4 is 10.0 Å². The van der Waals surface area contributed by atoms with Crippen molar-refractivity contribution in [3.8, 4) is 0 Å². The molecule has 0 bridgehead atoms. The first-order valence-electron chi connectivity index (χ1n) is 5.74. The Bertz CT molecular complexity index is 326. The van der Waals surface area contributed by atoms with Crippen LogP contribution in [0.15, 0.2) is 12.7 Å². The van der Waals surface area contributed by atoms with Gasteiger partial charge >= 0.3 is 0 Å². The smallest absolute Gasteiger partial charge is 0.214 e. The predicted octanol–water partition coefficient (Wildman–Crippen LogP) is 0.985. The number of rotatable bonds is 5. The van der Waals surface area contributed by atoms with Crippen LogP contribution in [0.2, 0.25) is 0 Å². The highest BCUT2D eigenvalue weighted by Gasteiger charge is 2.35. The fourth-order valence-electron chi connectivity index (χ4n) is 2.18. The van der Waals surface area contributed by atoms with Crippen LogP contribution in [0.25, 0.3) is 0 Å². The summed E-state index contributed by atoms with van der Waals surface area (Å²) in [7, 11) is -3.24. The Labute approximate surface area is 98.0 Å². The van der Waals surface area contributed by atoms with Crippen LogP contribution in [0, 0.1) is 5.92 Å². The summed E-state index contributed by atoms with van der Waals surface area (Å²) in [5.74, 6) is 0.331. The molecule has 2 atom stereocenters. The van der Waals surface area contributed by atoms with Crippen LogP contribution in [-0.2, 0) is 10.0 Å². The van der Waals surface area contributed by atoms with Gasteiger partial charge in [-0.2, -0.15) is 4.31 Å². The summed E-state index contributed by atoms with van der Waals surface area (Å²) >= 11 is 0. The minimum Gasteiger partial charge on any atom is -0.395 e. The van der Waals surface area contributed by atoms with Crippen molar-refractivity contribution in [1.82, 2.24) is 4.31 Å². The average molecular weight is 247 g/mol. The maximum Gasteiger partial charge on any atom is 0.214 e. The van der Waals surface area contributed by atoms with E-state index in [9.17, 15) is 13.5 Å². The molecule has 0 spiro atoms. The van der Waals surface area contributed by atoms with Gasteiger partial charge in [-0.1, -0.05) is 13.0 Å². The fraction of sp³-hybridized carbons (Fsp3) is 0.818. The number of piperidine rings is 1. The molecular weight excluding hydrogens is 226 g/mol. The molecule has 1 fully saturated rings. The van der Waals surface area contributed by atoms with Crippen LogP contribution in [0.4, 0.5) is 0 Å². The zero-order chi connectivity index (χ0) is 12.2. The molecule has 1 heterocycles. The van der Waals surface area contributed by atoms with Gasteiger partial charge in [0.1, 0.15) is 0 Å². The molecule has 0 aromatic carbocycles. The topological polar surface area (TPSA) is 57.6 Å². The van der Waals surface area contributed by atoms with Crippen molar-refractivity contribution in [2.45, 2.75) is 32.2 Å². The SMILES string of the molecule is C=CCCS(=O)(=O)N1CCCC(C)C1CO. The third-order valence-electron chi connectivity index (χ3n) is 3.19. The second kappa shape index (κ2) is 5.80. The zero-order valence-corrected chi connectivity index (χ0v) is 10.6. The first kappa shape index (κ1) is 13.7. The van der Waals surface area contributed by atoms with Gasteiger partial charge in [0.05, 0.1) is 18.4 Å². The molecule has 4 nitrogen and oxygen atoms in total. The summed E-state index contributed by atoms with van der Waals surface area (Å²) in [6.07, 6.45) is 3.94. The lowest BCUT2D eigenvalue weighted by molar-refractivity contribution is 0.113. The second-order valence-electron chi connectivity index (χ2n) is 4.37. The van der Waals surface area contributed by atoms with E-state index < -0.39 is 10.0 Å². The molecule has 2 unspecified atom stereocenters. The van der Waals surface area contributed by atoms with Crippen molar-refractivity contribution in [1.29, 1.82) is 0 Å². The quantitative estimate of drug-likeness (QED) is 0.737. The summed E-state index contributed by atoms with van der Waals surface area (Å²) in [6.45, 7) is 5.97. The molecule has 0 saturated carbocycles. The number of hydrogen-bond donors (Lipinski definition) is 1. The average Bonchev–Trinajstić information content (AvgIpc) is 2.26. The summed E-state index contributed by atoms with van der Waals surface area (Å²) in [5, 5.41) is 9.29. The molecule has 94 valence electrons. The highest BCUT2D eigenvalue weighted by molar-refractivity contribution is 7.89. The first-order chi connectivity index (χ1) is 7.53.